The molecule has 1 aliphatic heterocycles. The van der Waals surface area contributed by atoms with Gasteiger partial charge in [-0.25, -0.2) is 0 Å². The first-order valence-corrected chi connectivity index (χ1v) is 6.97. The van der Waals surface area contributed by atoms with Crippen molar-refractivity contribution in [3.63, 3.8) is 0 Å². The van der Waals surface area contributed by atoms with Crippen LogP contribution in [0.1, 0.15) is 52.9 Å². The Bertz CT molecular complexity index is 231. The number of nitrogens with one attached hydrogen (secondary N) is 1. The highest BCUT2D eigenvalue weighted by atomic mass is 16.5. The van der Waals surface area contributed by atoms with Gasteiger partial charge in [0.25, 0.3) is 0 Å². The van der Waals surface area contributed by atoms with Gasteiger partial charge in [0.1, 0.15) is 0 Å². The molecule has 94 valence electrons. The van der Waals surface area contributed by atoms with E-state index < -0.39 is 0 Å². The zero-order chi connectivity index (χ0) is 11.6. The molecular formula is C14H27NO. The molecule has 1 heterocycles. The maximum atomic E-state index is 5.67. The topological polar surface area (TPSA) is 21.3 Å². The number of ether oxygens (including phenoxy) is 1. The zero-order valence-corrected chi connectivity index (χ0v) is 11.1. The third kappa shape index (κ3) is 2.78. The third-order valence-electron chi connectivity index (χ3n) is 4.73. The van der Waals surface area contributed by atoms with E-state index in [9.17, 15) is 0 Å². The summed E-state index contributed by atoms with van der Waals surface area (Å²) in [5.41, 5.74) is 0.223. The predicted octanol–water partition coefficient (Wildman–Crippen LogP) is 2.97. The van der Waals surface area contributed by atoms with Gasteiger partial charge < -0.3 is 10.1 Å². The van der Waals surface area contributed by atoms with Gasteiger partial charge in [0.05, 0.1) is 6.10 Å². The Balaban J connectivity index is 1.78. The van der Waals surface area contributed by atoms with Gasteiger partial charge in [-0.15, -0.1) is 0 Å². The second-order valence-corrected chi connectivity index (χ2v) is 6.20. The maximum absolute atomic E-state index is 5.67. The van der Waals surface area contributed by atoms with Gasteiger partial charge in [-0.1, -0.05) is 19.8 Å². The minimum atomic E-state index is 0.223. The first kappa shape index (κ1) is 12.4. The summed E-state index contributed by atoms with van der Waals surface area (Å²) in [5, 5.41) is 3.77. The lowest BCUT2D eigenvalue weighted by molar-refractivity contribution is 0.0855. The van der Waals surface area contributed by atoms with Crippen molar-refractivity contribution in [2.75, 3.05) is 13.2 Å². The Morgan fingerprint density at radius 1 is 1.31 bits per heavy atom. The van der Waals surface area contributed by atoms with Crippen molar-refractivity contribution in [3.8, 4) is 0 Å². The molecule has 0 bridgehead atoms. The average Bonchev–Trinajstić information content (AvgIpc) is 2.58. The monoisotopic (exact) mass is 225 g/mol. The van der Waals surface area contributed by atoms with Crippen LogP contribution in [0.15, 0.2) is 0 Å². The fraction of sp³-hybridized carbons (Fsp3) is 1.00. The summed E-state index contributed by atoms with van der Waals surface area (Å²) in [6.45, 7) is 9.02. The van der Waals surface area contributed by atoms with Crippen LogP contribution < -0.4 is 5.32 Å². The van der Waals surface area contributed by atoms with Crippen molar-refractivity contribution < 1.29 is 4.74 Å². The molecule has 2 nitrogen and oxygen atoms in total. The van der Waals surface area contributed by atoms with Gasteiger partial charge in [-0.2, -0.15) is 0 Å². The largest absolute Gasteiger partial charge is 0.377 e. The van der Waals surface area contributed by atoms with Crippen molar-refractivity contribution in [3.05, 3.63) is 0 Å². The molecule has 4 unspecified atom stereocenters. The minimum Gasteiger partial charge on any atom is -0.377 e. The standard InChI is InChI=1S/C14H27NO/c1-11-5-4-6-13(9-11)10-15-14(3)7-8-16-12(14)2/h11-13,15H,4-10H2,1-3H3. The first-order valence-electron chi connectivity index (χ1n) is 6.97. The lowest BCUT2D eigenvalue weighted by Gasteiger charge is -2.33. The van der Waals surface area contributed by atoms with E-state index in [1.807, 2.05) is 0 Å². The summed E-state index contributed by atoms with van der Waals surface area (Å²) in [7, 11) is 0. The van der Waals surface area contributed by atoms with Crippen LogP contribution in [-0.4, -0.2) is 24.8 Å². The molecule has 2 rings (SSSR count). The number of rotatable bonds is 3. The fourth-order valence-corrected chi connectivity index (χ4v) is 3.19. The molecule has 2 heteroatoms. The van der Waals surface area contributed by atoms with Crippen LogP contribution >= 0.6 is 0 Å². The van der Waals surface area contributed by atoms with Gasteiger partial charge in [0.2, 0.25) is 0 Å². The Morgan fingerprint density at radius 3 is 2.75 bits per heavy atom. The Morgan fingerprint density at radius 2 is 2.12 bits per heavy atom. The van der Waals surface area contributed by atoms with Crippen molar-refractivity contribution in [1.29, 1.82) is 0 Å². The predicted molar refractivity (Wildman–Crippen MR) is 67.6 cm³/mol. The van der Waals surface area contributed by atoms with Gasteiger partial charge in [0.15, 0.2) is 0 Å². The lowest BCUT2D eigenvalue weighted by atomic mass is 9.82. The maximum Gasteiger partial charge on any atom is 0.0726 e. The summed E-state index contributed by atoms with van der Waals surface area (Å²) in [6.07, 6.45) is 7.23. The Hall–Kier alpha value is -0.0800. The molecule has 1 aliphatic carbocycles. The van der Waals surface area contributed by atoms with Crippen LogP contribution in [0.25, 0.3) is 0 Å². The summed E-state index contributed by atoms with van der Waals surface area (Å²) in [6, 6.07) is 0. The quantitative estimate of drug-likeness (QED) is 0.797. The smallest absolute Gasteiger partial charge is 0.0726 e. The van der Waals surface area contributed by atoms with E-state index in [1.165, 1.54) is 32.2 Å². The molecule has 0 spiro atoms. The van der Waals surface area contributed by atoms with Crippen LogP contribution in [0.3, 0.4) is 0 Å². The molecule has 0 aromatic rings. The molecule has 16 heavy (non-hydrogen) atoms. The van der Waals surface area contributed by atoms with E-state index in [0.29, 0.717) is 6.10 Å². The van der Waals surface area contributed by atoms with E-state index in [-0.39, 0.29) is 5.54 Å². The average molecular weight is 225 g/mol. The molecule has 0 amide bonds. The van der Waals surface area contributed by atoms with E-state index in [0.717, 1.165) is 24.9 Å². The molecular weight excluding hydrogens is 198 g/mol. The molecule has 0 radical (unpaired) electrons. The van der Waals surface area contributed by atoms with Crippen molar-refractivity contribution in [2.24, 2.45) is 11.8 Å². The van der Waals surface area contributed by atoms with Crippen LogP contribution in [-0.2, 0) is 4.74 Å². The summed E-state index contributed by atoms with van der Waals surface area (Å²) in [4.78, 5) is 0. The molecule has 2 fully saturated rings. The highest BCUT2D eigenvalue weighted by Crippen LogP contribution is 2.30. The summed E-state index contributed by atoms with van der Waals surface area (Å²) < 4.78 is 5.67. The SMILES string of the molecule is CC1CCCC(CNC2(C)CCOC2C)C1. The second kappa shape index (κ2) is 5.05. The molecule has 1 saturated heterocycles. The molecule has 1 saturated carbocycles. The van der Waals surface area contributed by atoms with E-state index in [1.54, 1.807) is 0 Å². The molecule has 1 N–H and O–H groups in total. The van der Waals surface area contributed by atoms with Gasteiger partial charge in [-0.3, -0.25) is 0 Å². The van der Waals surface area contributed by atoms with Gasteiger partial charge >= 0.3 is 0 Å². The highest BCUT2D eigenvalue weighted by molar-refractivity contribution is 4.94. The van der Waals surface area contributed by atoms with E-state index in [4.69, 9.17) is 4.74 Å². The zero-order valence-electron chi connectivity index (χ0n) is 11.1. The number of hydrogen-bond acceptors (Lipinski definition) is 2. The first-order chi connectivity index (χ1) is 7.60. The van der Waals surface area contributed by atoms with Crippen LogP contribution in [0.4, 0.5) is 0 Å². The molecule has 4 atom stereocenters. The molecule has 0 aromatic carbocycles. The highest BCUT2D eigenvalue weighted by Gasteiger charge is 2.37. The van der Waals surface area contributed by atoms with Crippen LogP contribution in [0.5, 0.6) is 0 Å². The molecule has 2 aliphatic rings. The number of hydrogen-bond donors (Lipinski definition) is 1. The van der Waals surface area contributed by atoms with Crippen LogP contribution in [0.2, 0.25) is 0 Å². The third-order valence-corrected chi connectivity index (χ3v) is 4.73. The lowest BCUT2D eigenvalue weighted by Crippen LogP contribution is -2.49. The van der Waals surface area contributed by atoms with E-state index in [2.05, 4.69) is 26.1 Å². The van der Waals surface area contributed by atoms with Crippen LogP contribution in [0, 0.1) is 11.8 Å². The Labute approximate surface area is 100 Å². The molecule has 0 aromatic heterocycles. The van der Waals surface area contributed by atoms with Crippen molar-refractivity contribution in [1.82, 2.24) is 5.32 Å². The minimum absolute atomic E-state index is 0.223. The van der Waals surface area contributed by atoms with Crippen molar-refractivity contribution >= 4 is 0 Å². The van der Waals surface area contributed by atoms with Gasteiger partial charge in [-0.05, 0) is 51.5 Å². The second-order valence-electron chi connectivity index (χ2n) is 6.20. The summed E-state index contributed by atoms with van der Waals surface area (Å²) >= 11 is 0. The Kier molecular flexibility index (Phi) is 3.91. The van der Waals surface area contributed by atoms with Gasteiger partial charge in [0, 0.05) is 12.1 Å². The summed E-state index contributed by atoms with van der Waals surface area (Å²) in [5.74, 6) is 1.83. The fourth-order valence-electron chi connectivity index (χ4n) is 3.19. The van der Waals surface area contributed by atoms with Crippen molar-refractivity contribution in [2.45, 2.75) is 64.5 Å². The van der Waals surface area contributed by atoms with E-state index >= 15 is 0 Å². The normalized spacial score (nSPS) is 44.8.